The maximum Gasteiger partial charge on any atom is 0.411 e. The number of para-hydroxylation sites is 1. The van der Waals surface area contributed by atoms with E-state index in [9.17, 15) is 22.8 Å². The summed E-state index contributed by atoms with van der Waals surface area (Å²) in [5, 5.41) is 5.33. The van der Waals surface area contributed by atoms with Gasteiger partial charge in [-0.1, -0.05) is 42.5 Å². The van der Waals surface area contributed by atoms with Gasteiger partial charge in [0.2, 0.25) is 5.91 Å². The van der Waals surface area contributed by atoms with Gasteiger partial charge in [-0.15, -0.1) is 0 Å². The summed E-state index contributed by atoms with van der Waals surface area (Å²) in [5.41, 5.74) is 1.66. The van der Waals surface area contributed by atoms with Crippen molar-refractivity contribution in [3.63, 3.8) is 0 Å². The maximum absolute atomic E-state index is 12.4. The van der Waals surface area contributed by atoms with Gasteiger partial charge >= 0.3 is 6.18 Å². The number of carbonyl (C=O) groups is 2. The number of rotatable bonds is 9. The van der Waals surface area contributed by atoms with Crippen molar-refractivity contribution >= 4 is 17.5 Å². The van der Waals surface area contributed by atoms with Crippen LogP contribution in [0.1, 0.15) is 22.3 Å². The van der Waals surface area contributed by atoms with E-state index in [0.29, 0.717) is 18.7 Å². The second kappa shape index (κ2) is 10.5. The first kappa shape index (κ1) is 21.4. The lowest BCUT2D eigenvalue weighted by molar-refractivity contribution is -0.174. The zero-order valence-corrected chi connectivity index (χ0v) is 15.1. The number of benzene rings is 2. The number of alkyl halides is 3. The predicted octanol–water partition coefficient (Wildman–Crippen LogP) is 3.57. The second-order valence-electron chi connectivity index (χ2n) is 6.00. The summed E-state index contributed by atoms with van der Waals surface area (Å²) >= 11 is 0. The van der Waals surface area contributed by atoms with Crippen LogP contribution in [0.3, 0.4) is 0 Å². The van der Waals surface area contributed by atoms with Crippen molar-refractivity contribution in [2.75, 3.05) is 25.1 Å². The van der Waals surface area contributed by atoms with Crippen molar-refractivity contribution in [3.8, 4) is 0 Å². The maximum atomic E-state index is 12.4. The lowest BCUT2D eigenvalue weighted by Crippen LogP contribution is -2.27. The van der Waals surface area contributed by atoms with Crippen LogP contribution >= 0.6 is 0 Å². The van der Waals surface area contributed by atoms with Crippen LogP contribution in [0.2, 0.25) is 0 Å². The molecule has 0 radical (unpaired) electrons. The van der Waals surface area contributed by atoms with Gasteiger partial charge in [-0.2, -0.15) is 13.2 Å². The van der Waals surface area contributed by atoms with Gasteiger partial charge < -0.3 is 15.4 Å². The van der Waals surface area contributed by atoms with Gasteiger partial charge in [-0.3, -0.25) is 9.59 Å². The summed E-state index contributed by atoms with van der Waals surface area (Å²) in [7, 11) is 0. The van der Waals surface area contributed by atoms with Crippen molar-refractivity contribution in [3.05, 3.63) is 65.7 Å². The van der Waals surface area contributed by atoms with Crippen LogP contribution in [0, 0.1) is 0 Å². The molecule has 0 aliphatic heterocycles. The van der Waals surface area contributed by atoms with E-state index in [1.807, 2.05) is 30.3 Å². The topological polar surface area (TPSA) is 67.4 Å². The van der Waals surface area contributed by atoms with Crippen molar-refractivity contribution in [1.29, 1.82) is 0 Å². The van der Waals surface area contributed by atoms with Crippen molar-refractivity contribution in [1.82, 2.24) is 5.32 Å². The first-order valence-electron chi connectivity index (χ1n) is 8.70. The minimum atomic E-state index is -4.43. The summed E-state index contributed by atoms with van der Waals surface area (Å²) < 4.78 is 40.4. The Morgan fingerprint density at radius 1 is 0.964 bits per heavy atom. The van der Waals surface area contributed by atoms with Crippen LogP contribution < -0.4 is 10.6 Å². The highest BCUT2D eigenvalue weighted by atomic mass is 19.4. The number of halogens is 3. The Balaban J connectivity index is 1.83. The molecule has 0 fully saturated rings. The molecule has 0 saturated heterocycles. The molecule has 0 unspecified atom stereocenters. The van der Waals surface area contributed by atoms with Crippen LogP contribution in [-0.2, 0) is 16.0 Å². The molecule has 0 spiro atoms. The molecule has 2 rings (SSSR count). The highest BCUT2D eigenvalue weighted by molar-refractivity contribution is 6.03. The summed E-state index contributed by atoms with van der Waals surface area (Å²) in [6.45, 7) is -1.34. The molecule has 28 heavy (non-hydrogen) atoms. The van der Waals surface area contributed by atoms with Crippen LogP contribution in [0.15, 0.2) is 54.6 Å². The van der Waals surface area contributed by atoms with Gasteiger partial charge in [-0.05, 0) is 24.1 Å². The fourth-order valence-corrected chi connectivity index (χ4v) is 2.42. The Labute approximate surface area is 160 Å². The number of amides is 2. The molecule has 2 amide bonds. The molecular weight excluding hydrogens is 373 g/mol. The van der Waals surface area contributed by atoms with E-state index in [0.717, 1.165) is 5.56 Å². The van der Waals surface area contributed by atoms with Gasteiger partial charge in [0.15, 0.2) is 0 Å². The van der Waals surface area contributed by atoms with Gasteiger partial charge in [-0.25, -0.2) is 0 Å². The number of hydrogen-bond acceptors (Lipinski definition) is 3. The van der Waals surface area contributed by atoms with Crippen molar-refractivity contribution < 1.29 is 27.5 Å². The molecule has 2 N–H and O–H groups in total. The number of anilines is 1. The smallest absolute Gasteiger partial charge is 0.372 e. The number of nitrogens with one attached hydrogen (secondary N) is 2. The molecule has 0 heterocycles. The molecule has 2 aromatic rings. The summed E-state index contributed by atoms with van der Waals surface area (Å²) in [4.78, 5) is 24.3. The number of hydrogen-bond donors (Lipinski definition) is 2. The zero-order chi connectivity index (χ0) is 20.4. The van der Waals surface area contributed by atoms with Gasteiger partial charge in [0.25, 0.3) is 5.91 Å². The molecule has 2 aromatic carbocycles. The van der Waals surface area contributed by atoms with Crippen molar-refractivity contribution in [2.45, 2.75) is 19.0 Å². The van der Waals surface area contributed by atoms with E-state index in [1.54, 1.807) is 24.3 Å². The summed E-state index contributed by atoms with van der Waals surface area (Å²) in [5.74, 6) is -0.883. The zero-order valence-electron chi connectivity index (χ0n) is 15.1. The molecule has 0 bridgehead atoms. The lowest BCUT2D eigenvalue weighted by Gasteiger charge is -2.12. The fourth-order valence-electron chi connectivity index (χ4n) is 2.42. The van der Waals surface area contributed by atoms with Gasteiger partial charge in [0.05, 0.1) is 24.3 Å². The fraction of sp³-hybridized carbons (Fsp3) is 0.300. The van der Waals surface area contributed by atoms with Crippen LogP contribution in [0.4, 0.5) is 18.9 Å². The number of ether oxygens (including phenoxy) is 1. The first-order valence-corrected chi connectivity index (χ1v) is 8.70. The van der Waals surface area contributed by atoms with Gasteiger partial charge in [0, 0.05) is 6.54 Å². The molecule has 0 atom stereocenters. The molecule has 5 nitrogen and oxygen atoms in total. The Morgan fingerprint density at radius 3 is 2.36 bits per heavy atom. The molecule has 0 saturated carbocycles. The molecular formula is C20H21F3N2O3. The van der Waals surface area contributed by atoms with E-state index in [1.165, 1.54) is 0 Å². The van der Waals surface area contributed by atoms with Gasteiger partial charge in [0.1, 0.15) is 6.61 Å². The summed E-state index contributed by atoms with van der Waals surface area (Å²) in [6, 6.07) is 16.1. The Hall–Kier alpha value is -2.87. The third-order valence-corrected chi connectivity index (χ3v) is 3.73. The van der Waals surface area contributed by atoms with E-state index < -0.39 is 18.7 Å². The molecule has 8 heteroatoms. The molecule has 0 aromatic heterocycles. The Bertz CT molecular complexity index is 780. The summed E-state index contributed by atoms with van der Waals surface area (Å²) in [6.07, 6.45) is -4.02. The highest BCUT2D eigenvalue weighted by Gasteiger charge is 2.27. The Kier molecular flexibility index (Phi) is 8.01. The normalized spacial score (nSPS) is 11.1. The minimum Gasteiger partial charge on any atom is -0.372 e. The average molecular weight is 394 g/mol. The quantitative estimate of drug-likeness (QED) is 0.639. The highest BCUT2D eigenvalue weighted by Crippen LogP contribution is 2.16. The van der Waals surface area contributed by atoms with Crippen LogP contribution in [0.25, 0.3) is 0 Å². The standard InChI is InChI=1S/C20H21F3N2O3/c21-20(22,23)14-28-13-11-18(26)25-17-9-5-4-8-16(17)19(27)24-12-10-15-6-2-1-3-7-15/h1-9H,10-14H2,(H,24,27)(H,25,26). The lowest BCUT2D eigenvalue weighted by atomic mass is 10.1. The van der Waals surface area contributed by atoms with Crippen LogP contribution in [-0.4, -0.2) is 37.7 Å². The molecule has 150 valence electrons. The average Bonchev–Trinajstić information content (AvgIpc) is 2.66. The van der Waals surface area contributed by atoms with E-state index >= 15 is 0 Å². The van der Waals surface area contributed by atoms with E-state index in [4.69, 9.17) is 0 Å². The predicted molar refractivity (Wildman–Crippen MR) is 99.0 cm³/mol. The first-order chi connectivity index (χ1) is 13.3. The van der Waals surface area contributed by atoms with E-state index in [-0.39, 0.29) is 24.5 Å². The number of carbonyl (C=O) groups excluding carboxylic acids is 2. The molecule has 0 aliphatic rings. The third kappa shape index (κ3) is 7.79. The Morgan fingerprint density at radius 2 is 1.64 bits per heavy atom. The SMILES string of the molecule is O=C(CCOCC(F)(F)F)Nc1ccccc1C(=O)NCCc1ccccc1. The minimum absolute atomic E-state index is 0.250. The third-order valence-electron chi connectivity index (χ3n) is 3.73. The van der Waals surface area contributed by atoms with Crippen molar-refractivity contribution in [2.24, 2.45) is 0 Å². The van der Waals surface area contributed by atoms with Crippen LogP contribution in [0.5, 0.6) is 0 Å². The largest absolute Gasteiger partial charge is 0.411 e. The molecule has 0 aliphatic carbocycles. The second-order valence-corrected chi connectivity index (χ2v) is 6.00. The monoisotopic (exact) mass is 394 g/mol. The van der Waals surface area contributed by atoms with E-state index in [2.05, 4.69) is 15.4 Å².